The quantitative estimate of drug-likeness (QED) is 0.896. The van der Waals surface area contributed by atoms with Crippen LogP contribution in [0.3, 0.4) is 0 Å². The summed E-state index contributed by atoms with van der Waals surface area (Å²) in [5, 5.41) is 5.17. The first-order valence-electron chi connectivity index (χ1n) is 6.14. The molecule has 0 radical (unpaired) electrons. The first-order valence-corrected chi connectivity index (χ1v) is 7.02. The van der Waals surface area contributed by atoms with Crippen molar-refractivity contribution in [3.63, 3.8) is 0 Å². The fraction of sp³-hybridized carbons (Fsp3) is 0.615. The number of hydrogen-bond donors (Lipinski definition) is 1. The Morgan fingerprint density at radius 2 is 2.47 bits per heavy atom. The van der Waals surface area contributed by atoms with E-state index in [0.29, 0.717) is 0 Å². The molecule has 1 N–H and O–H groups in total. The normalized spacial score (nSPS) is 19.1. The molecule has 94 valence electrons. The van der Waals surface area contributed by atoms with Crippen molar-refractivity contribution < 1.29 is 9.53 Å². The molecule has 4 heteroatoms. The molecule has 3 nitrogen and oxygen atoms in total. The molecular formula is C13H19NO2S. The third-order valence-electron chi connectivity index (χ3n) is 2.93. The van der Waals surface area contributed by atoms with Crippen LogP contribution >= 0.6 is 11.3 Å². The first kappa shape index (κ1) is 12.6. The van der Waals surface area contributed by atoms with E-state index in [9.17, 15) is 4.79 Å². The van der Waals surface area contributed by atoms with Crippen LogP contribution in [0.1, 0.15) is 43.2 Å². The van der Waals surface area contributed by atoms with Gasteiger partial charge in [0.25, 0.3) is 0 Å². The molecule has 1 heterocycles. The van der Waals surface area contributed by atoms with Crippen molar-refractivity contribution >= 4 is 17.2 Å². The van der Waals surface area contributed by atoms with Crippen molar-refractivity contribution in [1.82, 2.24) is 5.32 Å². The second kappa shape index (κ2) is 5.65. The molecule has 1 amide bonds. The summed E-state index contributed by atoms with van der Waals surface area (Å²) in [5.41, 5.74) is 1.30. The van der Waals surface area contributed by atoms with Crippen LogP contribution in [0.15, 0.2) is 11.4 Å². The molecule has 1 atom stereocenters. The summed E-state index contributed by atoms with van der Waals surface area (Å²) in [6, 6.07) is 2.32. The van der Waals surface area contributed by atoms with Crippen LogP contribution in [0.2, 0.25) is 0 Å². The average Bonchev–Trinajstić information content (AvgIpc) is 2.75. The van der Waals surface area contributed by atoms with Gasteiger partial charge < -0.3 is 10.1 Å². The summed E-state index contributed by atoms with van der Waals surface area (Å²) >= 11 is 1.79. The van der Waals surface area contributed by atoms with E-state index in [2.05, 4.69) is 16.8 Å². The molecule has 0 saturated heterocycles. The fourth-order valence-corrected chi connectivity index (χ4v) is 3.10. The Kier molecular flexibility index (Phi) is 4.18. The zero-order valence-corrected chi connectivity index (χ0v) is 11.2. The zero-order chi connectivity index (χ0) is 12.3. The van der Waals surface area contributed by atoms with Crippen LogP contribution < -0.4 is 5.32 Å². The minimum atomic E-state index is -0.0113. The molecule has 1 unspecified atom stereocenters. The molecule has 1 aromatic rings. The summed E-state index contributed by atoms with van der Waals surface area (Å²) in [6.45, 7) is 4.03. The second-order valence-corrected chi connectivity index (χ2v) is 5.67. The summed E-state index contributed by atoms with van der Waals surface area (Å²) in [5.74, 6) is -0.0113. The lowest BCUT2D eigenvalue weighted by Crippen LogP contribution is -2.33. The maximum atomic E-state index is 11.7. The lowest BCUT2D eigenvalue weighted by molar-refractivity contribution is -0.127. The molecule has 0 bridgehead atoms. The van der Waals surface area contributed by atoms with Gasteiger partial charge in [-0.1, -0.05) is 0 Å². The van der Waals surface area contributed by atoms with Gasteiger partial charge >= 0.3 is 0 Å². The van der Waals surface area contributed by atoms with Gasteiger partial charge in [0.1, 0.15) is 6.61 Å². The molecule has 1 aromatic heterocycles. The lowest BCUT2D eigenvalue weighted by atomic mass is 9.94. The van der Waals surface area contributed by atoms with Gasteiger partial charge in [-0.25, -0.2) is 0 Å². The average molecular weight is 253 g/mol. The minimum Gasteiger partial charge on any atom is -0.369 e. The first-order chi connectivity index (χ1) is 8.16. The van der Waals surface area contributed by atoms with E-state index in [4.69, 9.17) is 4.74 Å². The summed E-state index contributed by atoms with van der Waals surface area (Å²) in [6.07, 6.45) is 3.45. The fourth-order valence-electron chi connectivity index (χ4n) is 2.11. The van der Waals surface area contributed by atoms with Crippen molar-refractivity contribution in [3.8, 4) is 0 Å². The molecule has 0 fully saturated rings. The van der Waals surface area contributed by atoms with E-state index in [1.807, 2.05) is 13.8 Å². The third-order valence-corrected chi connectivity index (χ3v) is 3.93. The summed E-state index contributed by atoms with van der Waals surface area (Å²) in [4.78, 5) is 13.1. The van der Waals surface area contributed by atoms with Gasteiger partial charge in [-0.3, -0.25) is 4.79 Å². The molecule has 1 aliphatic carbocycles. The number of aryl methyl sites for hydroxylation is 1. The predicted octanol–water partition coefficient (Wildman–Crippen LogP) is 2.67. The largest absolute Gasteiger partial charge is 0.369 e. The highest BCUT2D eigenvalue weighted by molar-refractivity contribution is 7.10. The number of carbonyl (C=O) groups is 1. The Bertz CT molecular complexity index is 387. The van der Waals surface area contributed by atoms with Crippen LogP contribution in [0.25, 0.3) is 0 Å². The van der Waals surface area contributed by atoms with Crippen molar-refractivity contribution in [1.29, 1.82) is 0 Å². The smallest absolute Gasteiger partial charge is 0.246 e. The topological polar surface area (TPSA) is 38.3 Å². The van der Waals surface area contributed by atoms with E-state index < -0.39 is 0 Å². The van der Waals surface area contributed by atoms with Crippen LogP contribution in [0.5, 0.6) is 0 Å². The number of thiophene rings is 1. The number of fused-ring (bicyclic) bond motifs is 1. The Morgan fingerprint density at radius 1 is 1.65 bits per heavy atom. The number of carbonyl (C=O) groups excluding carboxylic acids is 1. The highest BCUT2D eigenvalue weighted by Gasteiger charge is 2.22. The Hall–Kier alpha value is -0.870. The lowest BCUT2D eigenvalue weighted by Gasteiger charge is -2.23. The van der Waals surface area contributed by atoms with Crippen LogP contribution in [-0.4, -0.2) is 18.6 Å². The van der Waals surface area contributed by atoms with Crippen molar-refractivity contribution in [2.24, 2.45) is 0 Å². The third kappa shape index (κ3) is 3.30. The Balaban J connectivity index is 1.90. The van der Waals surface area contributed by atoms with Crippen molar-refractivity contribution in [2.45, 2.75) is 45.3 Å². The molecule has 2 rings (SSSR count). The second-order valence-electron chi connectivity index (χ2n) is 4.67. The van der Waals surface area contributed by atoms with Crippen LogP contribution in [0, 0.1) is 0 Å². The van der Waals surface area contributed by atoms with Gasteiger partial charge in [0.05, 0.1) is 12.1 Å². The van der Waals surface area contributed by atoms with E-state index in [1.165, 1.54) is 10.4 Å². The number of hydrogen-bond acceptors (Lipinski definition) is 3. The Morgan fingerprint density at radius 3 is 3.24 bits per heavy atom. The maximum absolute atomic E-state index is 11.7. The molecule has 0 aromatic carbocycles. The minimum absolute atomic E-state index is 0.0113. The van der Waals surface area contributed by atoms with Crippen molar-refractivity contribution in [3.05, 3.63) is 21.9 Å². The monoisotopic (exact) mass is 253 g/mol. The van der Waals surface area contributed by atoms with Gasteiger partial charge in [-0.2, -0.15) is 0 Å². The predicted molar refractivity (Wildman–Crippen MR) is 69.2 cm³/mol. The van der Waals surface area contributed by atoms with E-state index in [0.717, 1.165) is 19.3 Å². The van der Waals surface area contributed by atoms with E-state index in [1.54, 1.807) is 11.3 Å². The SMILES string of the molecule is CC(C)OCC(=O)NC1CCCc2sccc21. The van der Waals surface area contributed by atoms with Crippen molar-refractivity contribution in [2.75, 3.05) is 6.61 Å². The molecule has 17 heavy (non-hydrogen) atoms. The Labute approximate surface area is 106 Å². The molecule has 0 aliphatic heterocycles. The van der Waals surface area contributed by atoms with E-state index >= 15 is 0 Å². The van der Waals surface area contributed by atoms with Crippen LogP contribution in [0.4, 0.5) is 0 Å². The van der Waals surface area contributed by atoms with E-state index in [-0.39, 0.29) is 24.7 Å². The number of rotatable bonds is 4. The molecule has 0 saturated carbocycles. The molecule has 1 aliphatic rings. The van der Waals surface area contributed by atoms with Gasteiger partial charge in [0.2, 0.25) is 5.91 Å². The summed E-state index contributed by atoms with van der Waals surface area (Å²) in [7, 11) is 0. The van der Waals surface area contributed by atoms with Gasteiger partial charge in [0.15, 0.2) is 0 Å². The van der Waals surface area contributed by atoms with Crippen LogP contribution in [-0.2, 0) is 16.0 Å². The van der Waals surface area contributed by atoms with Gasteiger partial charge in [-0.05, 0) is 50.1 Å². The standard InChI is InChI=1S/C13H19NO2S/c1-9(2)16-8-13(15)14-11-4-3-5-12-10(11)6-7-17-12/h6-7,9,11H,3-5,8H2,1-2H3,(H,14,15). The highest BCUT2D eigenvalue weighted by atomic mass is 32.1. The highest BCUT2D eigenvalue weighted by Crippen LogP contribution is 2.33. The van der Waals surface area contributed by atoms with Gasteiger partial charge in [0, 0.05) is 4.88 Å². The summed E-state index contributed by atoms with van der Waals surface area (Å²) < 4.78 is 5.31. The zero-order valence-electron chi connectivity index (χ0n) is 10.4. The number of amides is 1. The maximum Gasteiger partial charge on any atom is 0.246 e. The molecule has 0 spiro atoms. The number of ether oxygens (including phenoxy) is 1. The number of nitrogens with one attached hydrogen (secondary N) is 1. The molecular weight excluding hydrogens is 234 g/mol. The van der Waals surface area contributed by atoms with Gasteiger partial charge in [-0.15, -0.1) is 11.3 Å².